The Morgan fingerprint density at radius 2 is 1.07 bits per heavy atom. The minimum absolute atomic E-state index is 1.18. The number of allylic oxidation sites excluding steroid dienone is 2. The van der Waals surface area contributed by atoms with E-state index in [0.29, 0.717) is 0 Å². The highest BCUT2D eigenvalue weighted by atomic mass is 14.9. The average molecular weight is 401 g/mol. The number of hydrogen-bond acceptors (Lipinski definition) is 0. The van der Waals surface area contributed by atoms with Crippen LogP contribution in [0.15, 0.2) is 36.7 Å². The second-order valence-corrected chi connectivity index (χ2v) is 8.84. The largest absolute Gasteiger partial charge is 0.205 e. The standard InChI is InChI=1S/C28H50N/c1-3-5-7-8-9-10-11-12-13-14-15-16-17-18-19-21-25-29-26-23-28(24-27-29)22-20-6-4-2/h12-13,23-24,26-27H,3-11,14-22,25H2,1-2H3/q+1. The van der Waals surface area contributed by atoms with E-state index in [4.69, 9.17) is 0 Å². The van der Waals surface area contributed by atoms with E-state index in [2.05, 4.69) is 55.1 Å². The molecule has 1 heterocycles. The third-order valence-corrected chi connectivity index (χ3v) is 5.96. The zero-order valence-electron chi connectivity index (χ0n) is 19.8. The Labute approximate surface area is 183 Å². The SMILES string of the molecule is CCCCCCCCC=CCCCCCCCC[n+]1ccc(CCCCC)cc1. The van der Waals surface area contributed by atoms with Crippen LogP contribution in [0.4, 0.5) is 0 Å². The summed E-state index contributed by atoms with van der Waals surface area (Å²) in [5.74, 6) is 0. The van der Waals surface area contributed by atoms with Gasteiger partial charge in [-0.25, -0.2) is 4.57 Å². The van der Waals surface area contributed by atoms with Crippen LogP contribution in [0.1, 0.15) is 129 Å². The van der Waals surface area contributed by atoms with Crippen LogP contribution in [0.25, 0.3) is 0 Å². The fourth-order valence-corrected chi connectivity index (χ4v) is 3.92. The van der Waals surface area contributed by atoms with E-state index in [9.17, 15) is 0 Å². The Kier molecular flexibility index (Phi) is 18.0. The molecule has 1 nitrogen and oxygen atoms in total. The second-order valence-electron chi connectivity index (χ2n) is 8.84. The first-order chi connectivity index (χ1) is 14.4. The van der Waals surface area contributed by atoms with Crippen molar-refractivity contribution in [2.75, 3.05) is 0 Å². The van der Waals surface area contributed by atoms with Gasteiger partial charge in [0.15, 0.2) is 12.4 Å². The van der Waals surface area contributed by atoms with Crippen molar-refractivity contribution in [3.8, 4) is 0 Å². The summed E-state index contributed by atoms with van der Waals surface area (Å²) in [4.78, 5) is 0. The van der Waals surface area contributed by atoms with Gasteiger partial charge in [0.25, 0.3) is 0 Å². The van der Waals surface area contributed by atoms with Crippen LogP contribution in [0, 0.1) is 0 Å². The van der Waals surface area contributed by atoms with Gasteiger partial charge in [0, 0.05) is 18.6 Å². The molecule has 166 valence electrons. The molecule has 29 heavy (non-hydrogen) atoms. The van der Waals surface area contributed by atoms with Gasteiger partial charge in [0.1, 0.15) is 6.54 Å². The molecule has 0 aromatic carbocycles. The van der Waals surface area contributed by atoms with Gasteiger partial charge < -0.3 is 0 Å². The van der Waals surface area contributed by atoms with Crippen LogP contribution in [0.2, 0.25) is 0 Å². The number of hydrogen-bond donors (Lipinski definition) is 0. The molecule has 0 bridgehead atoms. The van der Waals surface area contributed by atoms with E-state index >= 15 is 0 Å². The molecule has 0 N–H and O–H groups in total. The number of unbranched alkanes of at least 4 members (excludes halogenated alkanes) is 14. The van der Waals surface area contributed by atoms with Gasteiger partial charge in [-0.3, -0.25) is 0 Å². The molecule has 1 aromatic rings. The number of pyridine rings is 1. The van der Waals surface area contributed by atoms with Gasteiger partial charge in [0.2, 0.25) is 0 Å². The normalized spacial score (nSPS) is 11.5. The Morgan fingerprint density at radius 3 is 1.66 bits per heavy atom. The van der Waals surface area contributed by atoms with E-state index in [0.717, 1.165) is 0 Å². The Morgan fingerprint density at radius 1 is 0.586 bits per heavy atom. The van der Waals surface area contributed by atoms with Crippen molar-refractivity contribution in [3.63, 3.8) is 0 Å². The maximum absolute atomic E-state index is 2.43. The lowest BCUT2D eigenvalue weighted by Gasteiger charge is -2.02. The third kappa shape index (κ3) is 16.4. The molecule has 0 aliphatic carbocycles. The highest BCUT2D eigenvalue weighted by Gasteiger charge is 2.01. The molecular formula is C28H50N+. The van der Waals surface area contributed by atoms with Gasteiger partial charge >= 0.3 is 0 Å². The monoisotopic (exact) mass is 400 g/mol. The Balaban J connectivity index is 1.86. The number of nitrogens with zero attached hydrogens (tertiary/aromatic N) is 1. The van der Waals surface area contributed by atoms with Crippen molar-refractivity contribution in [1.82, 2.24) is 0 Å². The highest BCUT2D eigenvalue weighted by Crippen LogP contribution is 2.10. The predicted molar refractivity (Wildman–Crippen MR) is 129 cm³/mol. The zero-order valence-corrected chi connectivity index (χ0v) is 19.8. The van der Waals surface area contributed by atoms with E-state index in [1.807, 2.05) is 0 Å². The fraction of sp³-hybridized carbons (Fsp3) is 0.750. The van der Waals surface area contributed by atoms with Gasteiger partial charge in [-0.15, -0.1) is 0 Å². The molecular weight excluding hydrogens is 350 g/mol. The topological polar surface area (TPSA) is 3.88 Å². The molecule has 0 aliphatic rings. The maximum atomic E-state index is 2.43. The lowest BCUT2D eigenvalue weighted by molar-refractivity contribution is -0.697. The van der Waals surface area contributed by atoms with Crippen LogP contribution < -0.4 is 4.57 Å². The number of aryl methyl sites for hydroxylation is 2. The summed E-state index contributed by atoms with van der Waals surface area (Å²) in [6, 6.07) is 4.63. The molecule has 0 fully saturated rings. The predicted octanol–water partition coefficient (Wildman–Crippen LogP) is 8.74. The van der Waals surface area contributed by atoms with Crippen molar-refractivity contribution in [3.05, 3.63) is 42.2 Å². The molecule has 0 amide bonds. The van der Waals surface area contributed by atoms with E-state index < -0.39 is 0 Å². The van der Waals surface area contributed by atoms with Gasteiger partial charge in [-0.1, -0.05) is 90.2 Å². The molecule has 0 saturated heterocycles. The van der Waals surface area contributed by atoms with Crippen LogP contribution >= 0.6 is 0 Å². The van der Waals surface area contributed by atoms with Gasteiger partial charge in [0.05, 0.1) is 0 Å². The Hall–Kier alpha value is -1.11. The summed E-state index contributed by atoms with van der Waals surface area (Å²) >= 11 is 0. The van der Waals surface area contributed by atoms with Crippen molar-refractivity contribution in [2.24, 2.45) is 0 Å². The molecule has 1 heteroatoms. The summed E-state index contributed by atoms with van der Waals surface area (Å²) in [6.45, 7) is 5.74. The number of aromatic nitrogens is 1. The summed E-state index contributed by atoms with van der Waals surface area (Å²) < 4.78 is 2.36. The van der Waals surface area contributed by atoms with E-state index in [1.165, 1.54) is 128 Å². The van der Waals surface area contributed by atoms with Crippen LogP contribution in [0.5, 0.6) is 0 Å². The minimum Gasteiger partial charge on any atom is -0.205 e. The highest BCUT2D eigenvalue weighted by molar-refractivity contribution is 5.07. The van der Waals surface area contributed by atoms with Crippen molar-refractivity contribution in [2.45, 2.75) is 136 Å². The van der Waals surface area contributed by atoms with Crippen LogP contribution in [-0.4, -0.2) is 0 Å². The lowest BCUT2D eigenvalue weighted by atomic mass is 10.1. The molecule has 0 aliphatic heterocycles. The van der Waals surface area contributed by atoms with Crippen molar-refractivity contribution >= 4 is 0 Å². The summed E-state index contributed by atoms with van der Waals surface area (Å²) in [6.07, 6.45) is 33.9. The molecule has 0 spiro atoms. The molecule has 1 aromatic heterocycles. The van der Waals surface area contributed by atoms with E-state index in [1.54, 1.807) is 0 Å². The quantitative estimate of drug-likeness (QED) is 0.117. The maximum Gasteiger partial charge on any atom is 0.169 e. The zero-order chi connectivity index (χ0) is 20.8. The van der Waals surface area contributed by atoms with Gasteiger partial charge in [-0.2, -0.15) is 0 Å². The summed E-state index contributed by atoms with van der Waals surface area (Å²) in [5, 5.41) is 0. The van der Waals surface area contributed by atoms with Crippen molar-refractivity contribution < 1.29 is 4.57 Å². The second kappa shape index (κ2) is 20.2. The molecule has 0 saturated carbocycles. The van der Waals surface area contributed by atoms with Crippen molar-refractivity contribution in [1.29, 1.82) is 0 Å². The first-order valence-corrected chi connectivity index (χ1v) is 13.0. The van der Waals surface area contributed by atoms with E-state index in [-0.39, 0.29) is 0 Å². The molecule has 0 radical (unpaired) electrons. The average Bonchev–Trinajstić information content (AvgIpc) is 2.74. The summed E-state index contributed by atoms with van der Waals surface area (Å²) in [5.41, 5.74) is 1.50. The molecule has 0 atom stereocenters. The third-order valence-electron chi connectivity index (χ3n) is 5.96. The minimum atomic E-state index is 1.18. The smallest absolute Gasteiger partial charge is 0.169 e. The van der Waals surface area contributed by atoms with Crippen LogP contribution in [-0.2, 0) is 13.0 Å². The van der Waals surface area contributed by atoms with Crippen LogP contribution in [0.3, 0.4) is 0 Å². The first-order valence-electron chi connectivity index (χ1n) is 13.0. The fourth-order valence-electron chi connectivity index (χ4n) is 3.92. The first kappa shape index (κ1) is 25.9. The molecule has 1 rings (SSSR count). The summed E-state index contributed by atoms with van der Waals surface area (Å²) in [7, 11) is 0. The molecule has 0 unspecified atom stereocenters. The van der Waals surface area contributed by atoms with Gasteiger partial charge in [-0.05, 0) is 50.5 Å². The lowest BCUT2D eigenvalue weighted by Crippen LogP contribution is -2.32. The Bertz CT molecular complexity index is 474. The number of rotatable bonds is 20.